The van der Waals surface area contributed by atoms with Gasteiger partial charge in [-0.15, -0.1) is 0 Å². The maximum Gasteiger partial charge on any atom is 0.274 e. The molecule has 9 heteroatoms. The average molecular weight is 480 g/mol. The van der Waals surface area contributed by atoms with E-state index in [1.807, 2.05) is 4.68 Å². The first-order valence-corrected chi connectivity index (χ1v) is 11.8. The molecule has 174 valence electrons. The molecule has 2 aromatic carbocycles. The third-order valence-electron chi connectivity index (χ3n) is 6.87. The quantitative estimate of drug-likeness (QED) is 0.247. The van der Waals surface area contributed by atoms with Crippen LogP contribution in [0.1, 0.15) is 44.6 Å². The number of aromatic hydroxyl groups is 2. The number of fused-ring (bicyclic) bond motifs is 4. The van der Waals surface area contributed by atoms with E-state index < -0.39 is 11.2 Å². The summed E-state index contributed by atoms with van der Waals surface area (Å²) >= 11 is 6.21. The van der Waals surface area contributed by atoms with Gasteiger partial charge in [-0.05, 0) is 42.7 Å². The second kappa shape index (κ2) is 7.70. The number of aromatic amines is 2. The van der Waals surface area contributed by atoms with Gasteiger partial charge in [-0.2, -0.15) is 0 Å². The fourth-order valence-corrected chi connectivity index (χ4v) is 5.37. The molecule has 1 aliphatic rings. The van der Waals surface area contributed by atoms with E-state index in [0.29, 0.717) is 38.6 Å². The van der Waals surface area contributed by atoms with Gasteiger partial charge in [-0.3, -0.25) is 19.4 Å². The summed E-state index contributed by atoms with van der Waals surface area (Å²) in [7, 11) is 0. The number of benzene rings is 2. The van der Waals surface area contributed by atoms with E-state index in [9.17, 15) is 19.8 Å². The highest BCUT2D eigenvalue weighted by atomic mass is 35.5. The van der Waals surface area contributed by atoms with Crippen molar-refractivity contribution in [2.75, 3.05) is 0 Å². The summed E-state index contributed by atoms with van der Waals surface area (Å²) in [4.78, 5) is 28.8. The molecule has 3 aromatic heterocycles. The molecule has 0 amide bonds. The Morgan fingerprint density at radius 2 is 1.76 bits per heavy atom. The van der Waals surface area contributed by atoms with E-state index in [0.717, 1.165) is 25.7 Å². The predicted octanol–water partition coefficient (Wildman–Crippen LogP) is 5.54. The number of phenols is 2. The fraction of sp³-hybridized carbons (Fsp3) is 0.280. The van der Waals surface area contributed by atoms with Gasteiger partial charge >= 0.3 is 0 Å². The van der Waals surface area contributed by atoms with Crippen LogP contribution >= 0.6 is 11.6 Å². The maximum atomic E-state index is 13.3. The molecule has 1 saturated carbocycles. The third kappa shape index (κ3) is 3.05. The normalized spacial score (nSPS) is 15.4. The molecule has 5 aromatic rings. The van der Waals surface area contributed by atoms with Gasteiger partial charge in [0, 0.05) is 10.9 Å². The number of H-pyrrole nitrogens is 2. The lowest BCUT2D eigenvalue weighted by molar-refractivity contribution is 0.413. The zero-order valence-electron chi connectivity index (χ0n) is 18.2. The van der Waals surface area contributed by atoms with Crippen LogP contribution in [0.2, 0.25) is 5.02 Å². The number of hydrogen-bond acceptors (Lipinski definition) is 5. The highest BCUT2D eigenvalue weighted by Crippen LogP contribution is 2.42. The molecule has 3 heterocycles. The Labute approximate surface area is 197 Å². The van der Waals surface area contributed by atoms with Crippen molar-refractivity contribution in [2.24, 2.45) is 0 Å². The fourth-order valence-electron chi connectivity index (χ4n) is 5.19. The number of rotatable bonds is 2. The topological polar surface area (TPSA) is 124 Å². The van der Waals surface area contributed by atoms with Crippen LogP contribution in [0.25, 0.3) is 44.2 Å². The molecule has 0 aliphatic heterocycles. The number of halogens is 1. The predicted molar refractivity (Wildman–Crippen MR) is 131 cm³/mol. The second-order valence-electron chi connectivity index (χ2n) is 8.94. The van der Waals surface area contributed by atoms with Crippen molar-refractivity contribution in [3.8, 4) is 22.6 Å². The average Bonchev–Trinajstić information content (AvgIpc) is 3.21. The minimum Gasteiger partial charge on any atom is -0.506 e. The first kappa shape index (κ1) is 20.9. The van der Waals surface area contributed by atoms with Crippen molar-refractivity contribution in [1.82, 2.24) is 14.8 Å². The van der Waals surface area contributed by atoms with E-state index in [-0.39, 0.29) is 28.0 Å². The van der Waals surface area contributed by atoms with Crippen LogP contribution in [0.3, 0.4) is 0 Å². The molecule has 4 N–H and O–H groups in total. The molecular weight excluding hydrogens is 458 g/mol. The highest BCUT2D eigenvalue weighted by Gasteiger charge is 2.26. The van der Waals surface area contributed by atoms with Crippen molar-refractivity contribution in [3.63, 3.8) is 0 Å². The third-order valence-corrected chi connectivity index (χ3v) is 7.17. The van der Waals surface area contributed by atoms with Crippen LogP contribution in [0, 0.1) is 0 Å². The molecule has 0 spiro atoms. The smallest absolute Gasteiger partial charge is 0.274 e. The lowest BCUT2D eigenvalue weighted by atomic mass is 10.0. The van der Waals surface area contributed by atoms with E-state index >= 15 is 0 Å². The zero-order chi connectivity index (χ0) is 23.6. The number of pyridine rings is 1. The lowest BCUT2D eigenvalue weighted by Gasteiger charge is -2.17. The number of aromatic nitrogens is 3. The first-order valence-electron chi connectivity index (χ1n) is 11.4. The summed E-state index contributed by atoms with van der Waals surface area (Å²) in [6.07, 6.45) is 6.44. The van der Waals surface area contributed by atoms with Gasteiger partial charge in [0.2, 0.25) is 11.2 Å². The largest absolute Gasteiger partial charge is 0.506 e. The Bertz CT molecular complexity index is 1700. The molecule has 0 radical (unpaired) electrons. The van der Waals surface area contributed by atoms with Gasteiger partial charge in [-0.25, -0.2) is 0 Å². The summed E-state index contributed by atoms with van der Waals surface area (Å²) in [6.45, 7) is 0. The lowest BCUT2D eigenvalue weighted by Crippen LogP contribution is -2.13. The molecular formula is C25H22ClN3O5. The standard InChI is InChI=1S/C25H22ClN3O5/c26-15-11-12(7-9-16(15)30)18-19-24(29(28-25(19)33)13-5-3-1-2-4-6-13)27-20-14-8-10-17(31)21(32)22(14)34-23(18)20/h7-11,13,27,30,32H,1-6H2,(H,28,33). The minimum absolute atomic E-state index is 0.0509. The van der Waals surface area contributed by atoms with Crippen LogP contribution in [-0.2, 0) is 0 Å². The van der Waals surface area contributed by atoms with Gasteiger partial charge in [0.25, 0.3) is 5.56 Å². The molecule has 0 bridgehead atoms. The van der Waals surface area contributed by atoms with Gasteiger partial charge in [-0.1, -0.05) is 43.4 Å². The van der Waals surface area contributed by atoms with E-state index in [1.54, 1.807) is 18.2 Å². The second-order valence-corrected chi connectivity index (χ2v) is 9.35. The van der Waals surface area contributed by atoms with Crippen LogP contribution < -0.4 is 11.0 Å². The van der Waals surface area contributed by atoms with Crippen LogP contribution in [-0.4, -0.2) is 25.0 Å². The summed E-state index contributed by atoms with van der Waals surface area (Å²) in [5.41, 5.74) is 1.73. The van der Waals surface area contributed by atoms with Crippen LogP contribution in [0.15, 0.2) is 44.3 Å². The molecule has 34 heavy (non-hydrogen) atoms. The van der Waals surface area contributed by atoms with Crippen molar-refractivity contribution in [3.05, 3.63) is 55.9 Å². The van der Waals surface area contributed by atoms with Gasteiger partial charge in [0.05, 0.1) is 22.0 Å². The molecule has 1 aliphatic carbocycles. The summed E-state index contributed by atoms with van der Waals surface area (Å²) in [5.74, 6) is -0.564. The van der Waals surface area contributed by atoms with E-state index in [1.165, 1.54) is 25.0 Å². The number of furan rings is 1. The zero-order valence-corrected chi connectivity index (χ0v) is 18.9. The molecule has 6 rings (SSSR count). The van der Waals surface area contributed by atoms with E-state index in [2.05, 4.69) is 10.1 Å². The van der Waals surface area contributed by atoms with Crippen LogP contribution in [0.5, 0.6) is 11.5 Å². The molecule has 0 atom stereocenters. The van der Waals surface area contributed by atoms with Crippen LogP contribution in [0.4, 0.5) is 0 Å². The molecule has 8 nitrogen and oxygen atoms in total. The van der Waals surface area contributed by atoms with Crippen molar-refractivity contribution >= 4 is 44.7 Å². The summed E-state index contributed by atoms with van der Waals surface area (Å²) < 4.78 is 7.92. The van der Waals surface area contributed by atoms with Crippen molar-refractivity contribution in [1.29, 1.82) is 0 Å². The van der Waals surface area contributed by atoms with Crippen molar-refractivity contribution < 1.29 is 14.6 Å². The number of phenolic OH excluding ortho intramolecular Hbond substituents is 2. The molecule has 0 unspecified atom stereocenters. The number of nitrogens with zero attached hydrogens (tertiary/aromatic N) is 1. The Hall–Kier alpha value is -3.65. The Morgan fingerprint density at radius 1 is 1.00 bits per heavy atom. The van der Waals surface area contributed by atoms with E-state index in [4.69, 9.17) is 16.0 Å². The van der Waals surface area contributed by atoms with Gasteiger partial charge in [0.15, 0.2) is 11.2 Å². The molecule has 0 saturated heterocycles. The Morgan fingerprint density at radius 3 is 2.50 bits per heavy atom. The number of hydrogen-bond donors (Lipinski definition) is 4. The first-order chi connectivity index (χ1) is 16.4. The van der Waals surface area contributed by atoms with Gasteiger partial charge in [0.1, 0.15) is 11.4 Å². The van der Waals surface area contributed by atoms with Gasteiger partial charge < -0.3 is 19.6 Å². The monoisotopic (exact) mass is 479 g/mol. The Kier molecular flexibility index (Phi) is 4.74. The van der Waals surface area contributed by atoms with Crippen molar-refractivity contribution in [2.45, 2.75) is 44.6 Å². The number of nitrogens with one attached hydrogen (secondary N) is 2. The molecule has 1 fully saturated rings. The Balaban J connectivity index is 1.77. The summed E-state index contributed by atoms with van der Waals surface area (Å²) in [6, 6.07) is 7.71. The minimum atomic E-state index is -0.550. The SMILES string of the molecule is O=c1ccc2c(oc3c(-c4ccc(O)c(Cl)c4)c4c(=O)[nH]n(C5CCCCCC5)c4[nH]c32)c1O. The maximum absolute atomic E-state index is 13.3. The highest BCUT2D eigenvalue weighted by molar-refractivity contribution is 6.32. The summed E-state index contributed by atoms with van der Waals surface area (Å²) in [5, 5.41) is 24.4.